The van der Waals surface area contributed by atoms with E-state index in [0.717, 1.165) is 11.1 Å². The van der Waals surface area contributed by atoms with E-state index >= 15 is 0 Å². The summed E-state index contributed by atoms with van der Waals surface area (Å²) in [5.74, 6) is -0.00266. The average molecular weight is 383 g/mol. The lowest BCUT2D eigenvalue weighted by Crippen LogP contribution is -2.36. The van der Waals surface area contributed by atoms with Gasteiger partial charge in [0.25, 0.3) is 0 Å². The van der Waals surface area contributed by atoms with E-state index in [4.69, 9.17) is 11.6 Å². The fourth-order valence-electron chi connectivity index (χ4n) is 2.54. The molecule has 0 saturated heterocycles. The van der Waals surface area contributed by atoms with Crippen molar-refractivity contribution in [3.63, 3.8) is 0 Å². The van der Waals surface area contributed by atoms with Gasteiger partial charge in [0.05, 0.1) is 12.6 Å². The Bertz CT molecular complexity index is 726. The lowest BCUT2D eigenvalue weighted by molar-refractivity contribution is -0.122. The number of benzene rings is 2. The second kappa shape index (κ2) is 9.50. The predicted molar refractivity (Wildman–Crippen MR) is 97.4 cm³/mol. The van der Waals surface area contributed by atoms with Gasteiger partial charge in [-0.05, 0) is 49.4 Å². The molecule has 1 N–H and O–H groups in total. The number of rotatable bonds is 8. The Kier molecular flexibility index (Phi) is 7.36. The molecule has 0 radical (unpaired) electrons. The van der Waals surface area contributed by atoms with Crippen molar-refractivity contribution in [2.75, 3.05) is 13.6 Å². The van der Waals surface area contributed by atoms with Crippen molar-refractivity contribution in [2.24, 2.45) is 0 Å². The molecule has 1 amide bonds. The number of nitrogens with one attached hydrogen (secondary N) is 1. The van der Waals surface area contributed by atoms with Gasteiger partial charge in [-0.2, -0.15) is 8.78 Å². The van der Waals surface area contributed by atoms with Crippen molar-refractivity contribution in [3.05, 3.63) is 64.7 Å². The van der Waals surface area contributed by atoms with Crippen molar-refractivity contribution in [1.29, 1.82) is 0 Å². The van der Waals surface area contributed by atoms with E-state index in [1.807, 2.05) is 37.1 Å². The summed E-state index contributed by atoms with van der Waals surface area (Å²) in [5.41, 5.74) is 1.83. The molecule has 0 saturated carbocycles. The fourth-order valence-corrected chi connectivity index (χ4v) is 2.73. The van der Waals surface area contributed by atoms with Crippen LogP contribution in [0.1, 0.15) is 24.1 Å². The summed E-state index contributed by atoms with van der Waals surface area (Å²) in [5, 5.41) is 3.55. The third kappa shape index (κ3) is 6.61. The first-order valence-electron chi connectivity index (χ1n) is 8.10. The molecule has 0 aliphatic carbocycles. The molecule has 4 nitrogen and oxygen atoms in total. The van der Waals surface area contributed by atoms with Crippen LogP contribution in [0.5, 0.6) is 5.75 Å². The molecular formula is C19H21ClF2N2O2. The molecule has 0 bridgehead atoms. The maximum atomic E-state index is 12.2. The van der Waals surface area contributed by atoms with E-state index in [1.54, 1.807) is 18.2 Å². The van der Waals surface area contributed by atoms with Crippen molar-refractivity contribution in [2.45, 2.75) is 26.1 Å². The minimum absolute atomic E-state index is 0.111. The van der Waals surface area contributed by atoms with Crippen LogP contribution in [0, 0.1) is 0 Å². The van der Waals surface area contributed by atoms with E-state index in [9.17, 15) is 13.6 Å². The van der Waals surface area contributed by atoms with Gasteiger partial charge in [-0.1, -0.05) is 35.9 Å². The van der Waals surface area contributed by atoms with Gasteiger partial charge in [0.15, 0.2) is 0 Å². The third-order valence-electron chi connectivity index (χ3n) is 3.74. The zero-order chi connectivity index (χ0) is 19.1. The highest BCUT2D eigenvalue weighted by Crippen LogP contribution is 2.18. The van der Waals surface area contributed by atoms with Gasteiger partial charge in [0.1, 0.15) is 5.75 Å². The molecule has 140 valence electrons. The van der Waals surface area contributed by atoms with Crippen molar-refractivity contribution in [3.8, 4) is 5.75 Å². The van der Waals surface area contributed by atoms with Gasteiger partial charge >= 0.3 is 6.61 Å². The Labute approximate surface area is 156 Å². The molecule has 2 aromatic carbocycles. The first-order chi connectivity index (χ1) is 12.3. The summed E-state index contributed by atoms with van der Waals surface area (Å²) >= 11 is 5.97. The van der Waals surface area contributed by atoms with Crippen LogP contribution in [0.15, 0.2) is 48.5 Å². The molecular weight excluding hydrogens is 362 g/mol. The minimum Gasteiger partial charge on any atom is -0.435 e. The normalized spacial score (nSPS) is 12.3. The molecule has 2 aromatic rings. The molecule has 2 rings (SSSR count). The highest BCUT2D eigenvalue weighted by Gasteiger charge is 2.12. The monoisotopic (exact) mass is 382 g/mol. The lowest BCUT2D eigenvalue weighted by atomic mass is 10.1. The standard InChI is InChI=1S/C19H21ClF2N2O2/c1-13(15-4-3-5-16(20)10-15)23-18(25)12-24(2)11-14-6-8-17(9-7-14)26-19(21)22/h3-10,13,19H,11-12H2,1-2H3,(H,23,25). The van der Waals surface area contributed by atoms with Crippen molar-refractivity contribution >= 4 is 17.5 Å². The first-order valence-corrected chi connectivity index (χ1v) is 8.48. The first kappa shape index (κ1) is 20.1. The maximum Gasteiger partial charge on any atom is 0.387 e. The van der Waals surface area contributed by atoms with Crippen LogP contribution >= 0.6 is 11.6 Å². The van der Waals surface area contributed by atoms with Gasteiger partial charge in [-0.3, -0.25) is 9.69 Å². The number of likely N-dealkylation sites (N-methyl/N-ethyl adjacent to an activating group) is 1. The van der Waals surface area contributed by atoms with E-state index < -0.39 is 6.61 Å². The molecule has 1 atom stereocenters. The number of nitrogens with zero attached hydrogens (tertiary/aromatic N) is 1. The van der Waals surface area contributed by atoms with Crippen LogP contribution in [0.2, 0.25) is 5.02 Å². The number of alkyl halides is 2. The van der Waals surface area contributed by atoms with E-state index in [0.29, 0.717) is 11.6 Å². The van der Waals surface area contributed by atoms with Gasteiger partial charge < -0.3 is 10.1 Å². The van der Waals surface area contributed by atoms with Crippen LogP contribution in [-0.4, -0.2) is 31.0 Å². The van der Waals surface area contributed by atoms with E-state index in [1.165, 1.54) is 12.1 Å². The Morgan fingerprint density at radius 3 is 2.54 bits per heavy atom. The van der Waals surface area contributed by atoms with Crippen LogP contribution < -0.4 is 10.1 Å². The lowest BCUT2D eigenvalue weighted by Gasteiger charge is -2.19. The zero-order valence-corrected chi connectivity index (χ0v) is 15.3. The molecule has 26 heavy (non-hydrogen) atoms. The summed E-state index contributed by atoms with van der Waals surface area (Å²) in [7, 11) is 1.81. The average Bonchev–Trinajstić information content (AvgIpc) is 2.56. The Balaban J connectivity index is 1.83. The van der Waals surface area contributed by atoms with Gasteiger partial charge in [-0.15, -0.1) is 0 Å². The van der Waals surface area contributed by atoms with Crippen LogP contribution in [0.25, 0.3) is 0 Å². The minimum atomic E-state index is -2.84. The van der Waals surface area contributed by atoms with Gasteiger partial charge in [-0.25, -0.2) is 0 Å². The topological polar surface area (TPSA) is 41.6 Å². The van der Waals surface area contributed by atoms with Crippen LogP contribution in [-0.2, 0) is 11.3 Å². The van der Waals surface area contributed by atoms with Crippen LogP contribution in [0.4, 0.5) is 8.78 Å². The highest BCUT2D eigenvalue weighted by molar-refractivity contribution is 6.30. The number of hydrogen-bond acceptors (Lipinski definition) is 3. The summed E-state index contributed by atoms with van der Waals surface area (Å²) in [4.78, 5) is 14.0. The highest BCUT2D eigenvalue weighted by atomic mass is 35.5. The third-order valence-corrected chi connectivity index (χ3v) is 3.98. The van der Waals surface area contributed by atoms with E-state index in [2.05, 4.69) is 10.1 Å². The SMILES string of the molecule is CC(NC(=O)CN(C)Cc1ccc(OC(F)F)cc1)c1cccc(Cl)c1. The number of hydrogen-bond donors (Lipinski definition) is 1. The van der Waals surface area contributed by atoms with Crippen molar-refractivity contribution < 1.29 is 18.3 Å². The molecule has 0 heterocycles. The largest absolute Gasteiger partial charge is 0.435 e. The molecule has 1 unspecified atom stereocenters. The second-order valence-electron chi connectivity index (χ2n) is 6.04. The van der Waals surface area contributed by atoms with Crippen molar-refractivity contribution in [1.82, 2.24) is 10.2 Å². The number of ether oxygens (including phenoxy) is 1. The zero-order valence-electron chi connectivity index (χ0n) is 14.6. The number of carbonyl (C=O) groups excluding carboxylic acids is 1. The summed E-state index contributed by atoms with van der Waals surface area (Å²) in [6, 6.07) is 13.6. The smallest absolute Gasteiger partial charge is 0.387 e. The maximum absolute atomic E-state index is 12.2. The Morgan fingerprint density at radius 2 is 1.92 bits per heavy atom. The molecule has 0 aliphatic rings. The second-order valence-corrected chi connectivity index (χ2v) is 6.48. The Hall–Kier alpha value is -2.18. The molecule has 0 fully saturated rings. The molecule has 0 aromatic heterocycles. The van der Waals surface area contributed by atoms with Gasteiger partial charge in [0.2, 0.25) is 5.91 Å². The summed E-state index contributed by atoms with van der Waals surface area (Å²) in [6.07, 6.45) is 0. The molecule has 0 spiro atoms. The van der Waals surface area contributed by atoms with Crippen LogP contribution in [0.3, 0.4) is 0 Å². The summed E-state index contributed by atoms with van der Waals surface area (Å²) < 4.78 is 28.6. The summed E-state index contributed by atoms with van der Waals surface area (Å²) in [6.45, 7) is -0.229. The number of amides is 1. The predicted octanol–water partition coefficient (Wildman–Crippen LogP) is 4.25. The molecule has 0 aliphatic heterocycles. The molecule has 7 heteroatoms. The van der Waals surface area contributed by atoms with E-state index in [-0.39, 0.29) is 24.2 Å². The van der Waals surface area contributed by atoms with Gasteiger partial charge in [0, 0.05) is 11.6 Å². The Morgan fingerprint density at radius 1 is 1.23 bits per heavy atom. The fraction of sp³-hybridized carbons (Fsp3) is 0.316. The number of carbonyl (C=O) groups is 1. The number of halogens is 3. The quantitative estimate of drug-likeness (QED) is 0.742.